The van der Waals surface area contributed by atoms with Crippen LogP contribution in [0.15, 0.2) is 53.3 Å². The Labute approximate surface area is 165 Å². The van der Waals surface area contributed by atoms with E-state index >= 15 is 0 Å². The number of aromatic nitrogens is 2. The van der Waals surface area contributed by atoms with Crippen molar-refractivity contribution in [3.05, 3.63) is 75.7 Å². The number of esters is 1. The molecule has 4 rings (SSSR count). The van der Waals surface area contributed by atoms with Crippen LogP contribution >= 0.6 is 0 Å². The van der Waals surface area contributed by atoms with Gasteiger partial charge in [-0.25, -0.2) is 14.4 Å². The van der Waals surface area contributed by atoms with Crippen LogP contribution in [0.25, 0.3) is 10.8 Å². The van der Waals surface area contributed by atoms with Gasteiger partial charge < -0.3 is 4.74 Å². The Morgan fingerprint density at radius 3 is 2.14 bits per heavy atom. The second kappa shape index (κ2) is 7.31. The van der Waals surface area contributed by atoms with Crippen LogP contribution < -0.4 is 5.56 Å². The quantitative estimate of drug-likeness (QED) is 0.489. The number of carbonyl (C=O) groups is 3. The second-order valence-corrected chi connectivity index (χ2v) is 6.57. The maximum Gasteiger partial charge on any atom is 0.361 e. The summed E-state index contributed by atoms with van der Waals surface area (Å²) in [6, 6.07) is 13.0. The fourth-order valence-electron chi connectivity index (χ4n) is 3.30. The molecule has 0 unspecified atom stereocenters. The van der Waals surface area contributed by atoms with Gasteiger partial charge in [0.05, 0.1) is 16.5 Å². The molecule has 2 amide bonds. The van der Waals surface area contributed by atoms with Crippen molar-refractivity contribution in [1.29, 1.82) is 0 Å². The lowest BCUT2D eigenvalue weighted by Crippen LogP contribution is -2.34. The summed E-state index contributed by atoms with van der Waals surface area (Å²) in [6.45, 7) is 1.71. The molecule has 0 fully saturated rings. The van der Waals surface area contributed by atoms with Crippen molar-refractivity contribution in [1.82, 2.24) is 14.7 Å². The highest BCUT2D eigenvalue weighted by Crippen LogP contribution is 2.22. The van der Waals surface area contributed by atoms with Crippen molar-refractivity contribution >= 4 is 28.6 Å². The molecule has 8 heteroatoms. The summed E-state index contributed by atoms with van der Waals surface area (Å²) in [6.07, 6.45) is 0.661. The molecule has 3 aromatic rings. The minimum absolute atomic E-state index is 0.0368. The van der Waals surface area contributed by atoms with E-state index in [9.17, 15) is 19.2 Å². The normalized spacial score (nSPS) is 13.1. The van der Waals surface area contributed by atoms with Crippen LogP contribution in [0.4, 0.5) is 0 Å². The van der Waals surface area contributed by atoms with E-state index in [4.69, 9.17) is 4.74 Å². The first kappa shape index (κ1) is 18.5. The number of rotatable bonds is 5. The molecule has 1 aromatic heterocycles. The predicted octanol–water partition coefficient (Wildman–Crippen LogP) is 2.22. The molecule has 0 saturated heterocycles. The number of hydrogen-bond donors (Lipinski definition) is 0. The topological polar surface area (TPSA) is 98.6 Å². The molecule has 0 N–H and O–H groups in total. The van der Waals surface area contributed by atoms with Crippen molar-refractivity contribution in [2.75, 3.05) is 6.73 Å². The van der Waals surface area contributed by atoms with Crippen LogP contribution in [0, 0.1) is 0 Å². The minimum atomic E-state index is -0.817. The number of imide groups is 1. The van der Waals surface area contributed by atoms with Crippen LogP contribution in [0.3, 0.4) is 0 Å². The Bertz CT molecular complexity index is 1180. The Morgan fingerprint density at radius 1 is 0.931 bits per heavy atom. The van der Waals surface area contributed by atoms with Gasteiger partial charge in [-0.2, -0.15) is 5.10 Å². The lowest BCUT2D eigenvalue weighted by atomic mass is 10.1. The van der Waals surface area contributed by atoms with E-state index in [0.29, 0.717) is 23.7 Å². The molecule has 29 heavy (non-hydrogen) atoms. The monoisotopic (exact) mass is 391 g/mol. The van der Waals surface area contributed by atoms with Gasteiger partial charge in [0.1, 0.15) is 0 Å². The van der Waals surface area contributed by atoms with Crippen LogP contribution in [-0.4, -0.2) is 39.2 Å². The van der Waals surface area contributed by atoms with Gasteiger partial charge in [0.2, 0.25) is 0 Å². The Morgan fingerprint density at radius 2 is 1.52 bits per heavy atom. The zero-order valence-electron chi connectivity index (χ0n) is 15.6. The number of hydrogen-bond acceptors (Lipinski definition) is 6. The summed E-state index contributed by atoms with van der Waals surface area (Å²) in [7, 11) is 0. The SMILES string of the molecule is CCCn1nc(C(=O)OCN2C(=O)c3ccccc3C2=O)c2ccccc2c1=O. The van der Waals surface area contributed by atoms with E-state index in [2.05, 4.69) is 5.10 Å². The van der Waals surface area contributed by atoms with Crippen LogP contribution in [0.2, 0.25) is 0 Å². The summed E-state index contributed by atoms with van der Waals surface area (Å²) >= 11 is 0. The Balaban J connectivity index is 1.62. The van der Waals surface area contributed by atoms with E-state index in [1.165, 1.54) is 4.68 Å². The lowest BCUT2D eigenvalue weighted by Gasteiger charge is -2.15. The summed E-state index contributed by atoms with van der Waals surface area (Å²) < 4.78 is 6.46. The average molecular weight is 391 g/mol. The number of carbonyl (C=O) groups excluding carboxylic acids is 3. The number of nitrogens with zero attached hydrogens (tertiary/aromatic N) is 3. The fourth-order valence-corrected chi connectivity index (χ4v) is 3.30. The van der Waals surface area contributed by atoms with Gasteiger partial charge in [-0.3, -0.25) is 14.4 Å². The highest BCUT2D eigenvalue weighted by molar-refractivity contribution is 6.21. The zero-order valence-corrected chi connectivity index (χ0v) is 15.6. The molecule has 8 nitrogen and oxygen atoms in total. The second-order valence-electron chi connectivity index (χ2n) is 6.57. The molecular weight excluding hydrogens is 374 g/mol. The third kappa shape index (κ3) is 3.08. The molecule has 0 radical (unpaired) electrons. The van der Waals surface area contributed by atoms with E-state index in [0.717, 1.165) is 4.90 Å². The molecule has 1 aliphatic heterocycles. The number of fused-ring (bicyclic) bond motifs is 2. The Kier molecular flexibility index (Phi) is 4.67. The molecule has 2 aromatic carbocycles. The first-order chi connectivity index (χ1) is 14.0. The first-order valence-corrected chi connectivity index (χ1v) is 9.15. The van der Waals surface area contributed by atoms with E-state index in [1.807, 2.05) is 6.92 Å². The molecular formula is C21H17N3O5. The van der Waals surface area contributed by atoms with Gasteiger partial charge in [0.25, 0.3) is 17.4 Å². The van der Waals surface area contributed by atoms with Gasteiger partial charge in [-0.05, 0) is 24.6 Å². The van der Waals surface area contributed by atoms with Gasteiger partial charge >= 0.3 is 5.97 Å². The number of ether oxygens (including phenoxy) is 1. The summed E-state index contributed by atoms with van der Waals surface area (Å²) in [4.78, 5) is 50.9. The van der Waals surface area contributed by atoms with E-state index < -0.39 is 24.5 Å². The largest absolute Gasteiger partial charge is 0.439 e. The standard InChI is InChI=1S/C21H17N3O5/c1-2-11-24-20(27)14-8-4-3-7-13(14)17(22-24)21(28)29-12-23-18(25)15-9-5-6-10-16(15)19(23)26/h3-10H,2,11-12H2,1H3. The van der Waals surface area contributed by atoms with Crippen LogP contribution in [-0.2, 0) is 11.3 Å². The highest BCUT2D eigenvalue weighted by atomic mass is 16.5. The van der Waals surface area contributed by atoms with Gasteiger partial charge in [-0.15, -0.1) is 0 Å². The fraction of sp³-hybridized carbons (Fsp3) is 0.190. The average Bonchev–Trinajstić information content (AvgIpc) is 2.99. The molecule has 0 spiro atoms. The van der Waals surface area contributed by atoms with Crippen LogP contribution in [0.5, 0.6) is 0 Å². The van der Waals surface area contributed by atoms with E-state index in [-0.39, 0.29) is 22.4 Å². The lowest BCUT2D eigenvalue weighted by molar-refractivity contribution is 0.0223. The maximum absolute atomic E-state index is 12.7. The van der Waals surface area contributed by atoms with Crippen molar-refractivity contribution < 1.29 is 19.1 Å². The first-order valence-electron chi connectivity index (χ1n) is 9.15. The van der Waals surface area contributed by atoms with Gasteiger partial charge in [-0.1, -0.05) is 37.3 Å². The molecule has 0 bridgehead atoms. The van der Waals surface area contributed by atoms with Gasteiger partial charge in [0, 0.05) is 11.9 Å². The number of aryl methyl sites for hydroxylation is 1. The molecule has 1 aliphatic rings. The zero-order chi connectivity index (χ0) is 20.5. The van der Waals surface area contributed by atoms with Crippen molar-refractivity contribution in [2.24, 2.45) is 0 Å². The number of benzene rings is 2. The van der Waals surface area contributed by atoms with Crippen molar-refractivity contribution in [2.45, 2.75) is 19.9 Å². The minimum Gasteiger partial charge on any atom is -0.439 e. The van der Waals surface area contributed by atoms with Gasteiger partial charge in [0.15, 0.2) is 12.4 Å². The molecule has 146 valence electrons. The van der Waals surface area contributed by atoms with Crippen molar-refractivity contribution in [3.63, 3.8) is 0 Å². The summed E-state index contributed by atoms with van der Waals surface area (Å²) in [5.41, 5.74) is 0.215. The smallest absolute Gasteiger partial charge is 0.361 e. The van der Waals surface area contributed by atoms with E-state index in [1.54, 1.807) is 48.5 Å². The summed E-state index contributed by atoms with van der Waals surface area (Å²) in [5.74, 6) is -1.86. The maximum atomic E-state index is 12.7. The highest BCUT2D eigenvalue weighted by Gasteiger charge is 2.36. The molecule has 2 heterocycles. The van der Waals surface area contributed by atoms with Crippen molar-refractivity contribution in [3.8, 4) is 0 Å². The third-order valence-electron chi connectivity index (χ3n) is 4.70. The summed E-state index contributed by atoms with van der Waals surface area (Å²) in [5, 5.41) is 4.86. The van der Waals surface area contributed by atoms with Crippen LogP contribution in [0.1, 0.15) is 44.5 Å². The molecule has 0 saturated carbocycles. The Hall–Kier alpha value is -3.81. The molecule has 0 aliphatic carbocycles. The predicted molar refractivity (Wildman–Crippen MR) is 104 cm³/mol. The third-order valence-corrected chi connectivity index (χ3v) is 4.70. The number of amides is 2. The molecule has 0 atom stereocenters.